The quantitative estimate of drug-likeness (QED) is 0.437. The second kappa shape index (κ2) is 9.67. The zero-order chi connectivity index (χ0) is 17.5. The molecule has 9 heteroatoms. The van der Waals surface area contributed by atoms with Gasteiger partial charge in [-0.2, -0.15) is 0 Å². The van der Waals surface area contributed by atoms with Crippen molar-refractivity contribution in [1.82, 2.24) is 9.55 Å². The van der Waals surface area contributed by atoms with Gasteiger partial charge in [0.15, 0.2) is 0 Å². The lowest BCUT2D eigenvalue weighted by Gasteiger charge is -2.15. The number of aryl methyl sites for hydroxylation is 1. The van der Waals surface area contributed by atoms with E-state index in [1.54, 1.807) is 28.5 Å². The molecule has 0 amide bonds. The molecule has 136 valence electrons. The number of hydrogen-bond donors (Lipinski definition) is 3. The molecule has 0 aliphatic carbocycles. The van der Waals surface area contributed by atoms with Crippen LogP contribution in [0.15, 0.2) is 15.8 Å². The number of aliphatic hydroxyl groups excluding tert-OH is 2. The van der Waals surface area contributed by atoms with Crippen molar-refractivity contribution in [2.24, 2.45) is 0 Å². The second-order valence-electron chi connectivity index (χ2n) is 5.77. The van der Waals surface area contributed by atoms with Crippen molar-refractivity contribution in [3.63, 3.8) is 0 Å². The first-order chi connectivity index (χ1) is 11.6. The summed E-state index contributed by atoms with van der Waals surface area (Å²) in [7, 11) is 3.39. The largest absolute Gasteiger partial charge is 0.396 e. The molecule has 1 unspecified atom stereocenters. The van der Waals surface area contributed by atoms with Gasteiger partial charge in [-0.15, -0.1) is 0 Å². The van der Waals surface area contributed by atoms with E-state index in [1.165, 1.54) is 10.8 Å². The predicted octanol–water partition coefficient (Wildman–Crippen LogP) is 1.04. The molecule has 0 radical (unpaired) electrons. The fourth-order valence-electron chi connectivity index (χ4n) is 2.52. The van der Waals surface area contributed by atoms with Gasteiger partial charge in [-0.25, -0.2) is 4.79 Å². The smallest absolute Gasteiger partial charge is 0.330 e. The summed E-state index contributed by atoms with van der Waals surface area (Å²) < 4.78 is 7.20. The highest BCUT2D eigenvalue weighted by atomic mass is 33.1. The Morgan fingerprint density at radius 1 is 1.33 bits per heavy atom. The van der Waals surface area contributed by atoms with Gasteiger partial charge in [0.2, 0.25) is 0 Å². The molecule has 7 nitrogen and oxygen atoms in total. The van der Waals surface area contributed by atoms with Crippen LogP contribution in [0, 0.1) is 6.92 Å². The molecule has 0 bridgehead atoms. The van der Waals surface area contributed by atoms with Crippen molar-refractivity contribution in [3.8, 4) is 0 Å². The van der Waals surface area contributed by atoms with E-state index in [2.05, 4.69) is 4.98 Å². The van der Waals surface area contributed by atoms with Gasteiger partial charge < -0.3 is 14.9 Å². The third-order valence-electron chi connectivity index (χ3n) is 3.89. The van der Waals surface area contributed by atoms with Crippen LogP contribution in [-0.4, -0.2) is 50.1 Å². The van der Waals surface area contributed by atoms with Crippen molar-refractivity contribution >= 4 is 21.6 Å². The Hall–Kier alpha value is -0.740. The van der Waals surface area contributed by atoms with Gasteiger partial charge in [0.1, 0.15) is 6.23 Å². The van der Waals surface area contributed by atoms with Crippen LogP contribution >= 0.6 is 21.6 Å². The first kappa shape index (κ1) is 19.6. The monoisotopic (exact) mass is 376 g/mol. The van der Waals surface area contributed by atoms with Gasteiger partial charge in [0, 0.05) is 35.8 Å². The van der Waals surface area contributed by atoms with Gasteiger partial charge in [-0.1, -0.05) is 28.0 Å². The standard InChI is InChI=1S/C15H24N2O5S2/c1-10-8-17(15(21)16-14(10)20)13-7-12(11(9-19)22-13)24-23-6-4-2-3-5-18/h8,11-13,18-19H,2-7,9H2,1H3,(H,16,20,21)/t11-,12?,13+/m1/s1. The SMILES string of the molecule is Cc1cn([C@@H]2CC(SSCCCCCO)[C@@H](CO)O2)c(=O)[nH]c1=O. The number of ether oxygens (including phenoxy) is 1. The number of rotatable bonds is 9. The van der Waals surface area contributed by atoms with Crippen LogP contribution in [-0.2, 0) is 4.74 Å². The normalized spacial score (nSPS) is 23.7. The van der Waals surface area contributed by atoms with Crippen molar-refractivity contribution in [2.45, 2.75) is 50.2 Å². The van der Waals surface area contributed by atoms with Gasteiger partial charge in [-0.3, -0.25) is 14.3 Å². The number of aromatic nitrogens is 2. The van der Waals surface area contributed by atoms with E-state index in [0.717, 1.165) is 25.0 Å². The summed E-state index contributed by atoms with van der Waals surface area (Å²) in [6, 6.07) is 0. The number of aromatic amines is 1. The van der Waals surface area contributed by atoms with Crippen molar-refractivity contribution in [3.05, 3.63) is 32.6 Å². The maximum Gasteiger partial charge on any atom is 0.330 e. The Balaban J connectivity index is 1.93. The molecule has 2 rings (SSSR count). The van der Waals surface area contributed by atoms with E-state index in [-0.39, 0.29) is 24.6 Å². The lowest BCUT2D eigenvalue weighted by atomic mass is 10.2. The van der Waals surface area contributed by atoms with Gasteiger partial charge >= 0.3 is 5.69 Å². The third-order valence-corrected chi connectivity index (χ3v) is 6.88. The molecule has 2 heterocycles. The summed E-state index contributed by atoms with van der Waals surface area (Å²) in [5, 5.41) is 18.4. The van der Waals surface area contributed by atoms with E-state index in [0.29, 0.717) is 12.0 Å². The highest BCUT2D eigenvalue weighted by molar-refractivity contribution is 8.76. The molecule has 3 atom stereocenters. The number of aliphatic hydroxyl groups is 2. The highest BCUT2D eigenvalue weighted by Crippen LogP contribution is 2.41. The van der Waals surface area contributed by atoms with Crippen LogP contribution < -0.4 is 11.2 Å². The first-order valence-corrected chi connectivity index (χ1v) is 10.4. The van der Waals surface area contributed by atoms with E-state index in [9.17, 15) is 14.7 Å². The van der Waals surface area contributed by atoms with Crippen LogP contribution in [0.2, 0.25) is 0 Å². The summed E-state index contributed by atoms with van der Waals surface area (Å²) in [4.78, 5) is 25.7. The summed E-state index contributed by atoms with van der Waals surface area (Å²) in [5.41, 5.74) is -0.431. The Bertz CT molecular complexity index is 633. The Labute approximate surface area is 148 Å². The van der Waals surface area contributed by atoms with Crippen LogP contribution in [0.1, 0.15) is 37.5 Å². The van der Waals surface area contributed by atoms with Crippen molar-refractivity contribution in [1.29, 1.82) is 0 Å². The molecule has 1 saturated heterocycles. The predicted molar refractivity (Wildman–Crippen MR) is 96.4 cm³/mol. The zero-order valence-electron chi connectivity index (χ0n) is 13.6. The highest BCUT2D eigenvalue weighted by Gasteiger charge is 2.36. The van der Waals surface area contributed by atoms with Crippen LogP contribution in [0.5, 0.6) is 0 Å². The second-order valence-corrected chi connectivity index (χ2v) is 8.49. The number of nitrogens with one attached hydrogen (secondary N) is 1. The molecule has 1 aliphatic rings. The zero-order valence-corrected chi connectivity index (χ0v) is 15.3. The van der Waals surface area contributed by atoms with E-state index < -0.39 is 17.5 Å². The molecule has 0 saturated carbocycles. The Morgan fingerprint density at radius 3 is 2.83 bits per heavy atom. The molecule has 1 fully saturated rings. The maximum atomic E-state index is 12.0. The minimum absolute atomic E-state index is 0.0852. The molecule has 0 aromatic carbocycles. The fraction of sp³-hybridized carbons (Fsp3) is 0.733. The number of H-pyrrole nitrogens is 1. The van der Waals surface area contributed by atoms with Gasteiger partial charge in [0.25, 0.3) is 5.56 Å². The maximum absolute atomic E-state index is 12.0. The summed E-state index contributed by atoms with van der Waals surface area (Å²) in [6.45, 7) is 1.77. The molecule has 24 heavy (non-hydrogen) atoms. The Morgan fingerprint density at radius 2 is 2.12 bits per heavy atom. The number of nitrogens with zero attached hydrogens (tertiary/aromatic N) is 1. The van der Waals surface area contributed by atoms with Crippen LogP contribution in [0.4, 0.5) is 0 Å². The summed E-state index contributed by atoms with van der Waals surface area (Å²) in [5.74, 6) is 0.974. The van der Waals surface area contributed by atoms with E-state index in [1.807, 2.05) is 0 Å². The molecule has 3 N–H and O–H groups in total. The summed E-state index contributed by atoms with van der Waals surface area (Å²) >= 11 is 0. The minimum atomic E-state index is -0.491. The lowest BCUT2D eigenvalue weighted by molar-refractivity contribution is -0.0238. The average molecular weight is 377 g/mol. The summed E-state index contributed by atoms with van der Waals surface area (Å²) in [6.07, 6.45) is 4.18. The molecule has 0 spiro atoms. The molecular formula is C15H24N2O5S2. The fourth-order valence-corrected chi connectivity index (χ4v) is 5.41. The average Bonchev–Trinajstić information content (AvgIpc) is 2.97. The number of unbranched alkanes of at least 4 members (excludes halogenated alkanes) is 2. The molecule has 1 aromatic rings. The topological polar surface area (TPSA) is 105 Å². The van der Waals surface area contributed by atoms with Crippen molar-refractivity contribution < 1.29 is 14.9 Å². The number of hydrogen-bond acceptors (Lipinski definition) is 7. The van der Waals surface area contributed by atoms with Crippen LogP contribution in [0.3, 0.4) is 0 Å². The molecular weight excluding hydrogens is 352 g/mol. The first-order valence-electron chi connectivity index (χ1n) is 8.04. The van der Waals surface area contributed by atoms with E-state index >= 15 is 0 Å². The Kier molecular flexibility index (Phi) is 7.89. The molecule has 1 aromatic heterocycles. The third kappa shape index (κ3) is 5.13. The minimum Gasteiger partial charge on any atom is -0.396 e. The van der Waals surface area contributed by atoms with Gasteiger partial charge in [-0.05, 0) is 19.8 Å². The van der Waals surface area contributed by atoms with E-state index in [4.69, 9.17) is 9.84 Å². The lowest BCUT2D eigenvalue weighted by Crippen LogP contribution is -2.33. The van der Waals surface area contributed by atoms with Crippen LogP contribution in [0.25, 0.3) is 0 Å². The van der Waals surface area contributed by atoms with Gasteiger partial charge in [0.05, 0.1) is 12.7 Å². The molecule has 1 aliphatic heterocycles. The van der Waals surface area contributed by atoms with Crippen molar-refractivity contribution in [2.75, 3.05) is 19.0 Å².